The normalized spacial score (nSPS) is 10.8. The molecule has 9 heteroatoms. The van der Waals surface area contributed by atoms with E-state index in [4.69, 9.17) is 4.74 Å². The first-order chi connectivity index (χ1) is 13.6. The number of rotatable bonds is 7. The molecule has 1 amide bonds. The molecule has 0 spiro atoms. The molecule has 0 bridgehead atoms. The first-order valence-corrected chi connectivity index (χ1v) is 8.44. The zero-order valence-electron chi connectivity index (χ0n) is 15.0. The van der Waals surface area contributed by atoms with Crippen LogP contribution in [-0.4, -0.2) is 33.8 Å². The van der Waals surface area contributed by atoms with Crippen molar-refractivity contribution in [2.45, 2.75) is 6.92 Å². The third-order valence-corrected chi connectivity index (χ3v) is 3.76. The summed E-state index contributed by atoms with van der Waals surface area (Å²) in [5.74, 6) is 0.173. The van der Waals surface area contributed by atoms with E-state index >= 15 is 0 Å². The number of carbonyl (C=O) groups is 1. The number of nitrogens with one attached hydrogen (secondary N) is 2. The molecule has 0 atom stereocenters. The van der Waals surface area contributed by atoms with Crippen molar-refractivity contribution in [2.75, 3.05) is 6.61 Å². The number of amides is 1. The lowest BCUT2D eigenvalue weighted by molar-refractivity contribution is -0.384. The standard InChI is InChI=1S/C19H17N5O4/c1-2-28-18-9-4-3-6-14(18)12-20-23-19(25)17-11-16(21-22-17)13-7-5-8-15(10-13)24(26)27/h3-12H,2H2,1H3,(H,21,22)(H,23,25)/b20-12-. The van der Waals surface area contributed by atoms with E-state index in [0.717, 1.165) is 5.56 Å². The van der Waals surface area contributed by atoms with Crippen LogP contribution in [0, 0.1) is 10.1 Å². The van der Waals surface area contributed by atoms with Gasteiger partial charge in [-0.05, 0) is 25.1 Å². The number of nitro benzene ring substituents is 1. The number of benzene rings is 2. The molecule has 28 heavy (non-hydrogen) atoms. The Kier molecular flexibility index (Phi) is 5.75. The van der Waals surface area contributed by atoms with Gasteiger partial charge in [0.2, 0.25) is 0 Å². The number of aromatic nitrogens is 2. The summed E-state index contributed by atoms with van der Waals surface area (Å²) in [5, 5.41) is 21.5. The molecule has 3 aromatic rings. The zero-order chi connectivity index (χ0) is 19.9. The van der Waals surface area contributed by atoms with Gasteiger partial charge in [0.05, 0.1) is 23.4 Å². The highest BCUT2D eigenvalue weighted by molar-refractivity contribution is 5.94. The summed E-state index contributed by atoms with van der Waals surface area (Å²) >= 11 is 0. The molecular weight excluding hydrogens is 362 g/mol. The molecule has 0 aliphatic rings. The number of hydrogen-bond donors (Lipinski definition) is 2. The number of carbonyl (C=O) groups excluding carboxylic acids is 1. The van der Waals surface area contributed by atoms with E-state index in [1.54, 1.807) is 12.1 Å². The summed E-state index contributed by atoms with van der Waals surface area (Å²) in [4.78, 5) is 22.6. The fourth-order valence-corrected chi connectivity index (χ4v) is 2.46. The summed E-state index contributed by atoms with van der Waals surface area (Å²) in [5.41, 5.74) is 4.20. The van der Waals surface area contributed by atoms with E-state index < -0.39 is 10.8 Å². The monoisotopic (exact) mass is 379 g/mol. The maximum atomic E-state index is 12.2. The second-order valence-electron chi connectivity index (χ2n) is 5.64. The van der Waals surface area contributed by atoms with Crippen LogP contribution in [0.1, 0.15) is 23.0 Å². The van der Waals surface area contributed by atoms with Gasteiger partial charge in [-0.1, -0.05) is 24.3 Å². The van der Waals surface area contributed by atoms with Gasteiger partial charge >= 0.3 is 0 Å². The smallest absolute Gasteiger partial charge is 0.289 e. The average Bonchev–Trinajstić information content (AvgIpc) is 3.20. The van der Waals surface area contributed by atoms with Crippen molar-refractivity contribution >= 4 is 17.8 Å². The molecule has 0 fully saturated rings. The molecule has 0 saturated carbocycles. The van der Waals surface area contributed by atoms with Gasteiger partial charge in [-0.25, -0.2) is 5.43 Å². The quantitative estimate of drug-likeness (QED) is 0.371. The molecular formula is C19H17N5O4. The molecule has 9 nitrogen and oxygen atoms in total. The molecule has 0 aliphatic carbocycles. The van der Waals surface area contributed by atoms with Crippen LogP contribution in [0.15, 0.2) is 59.7 Å². The largest absolute Gasteiger partial charge is 0.493 e. The van der Waals surface area contributed by atoms with Crippen LogP contribution in [0.2, 0.25) is 0 Å². The zero-order valence-corrected chi connectivity index (χ0v) is 15.0. The van der Waals surface area contributed by atoms with E-state index in [9.17, 15) is 14.9 Å². The Labute approximate surface area is 160 Å². The van der Waals surface area contributed by atoms with Crippen LogP contribution in [0.5, 0.6) is 5.75 Å². The van der Waals surface area contributed by atoms with Gasteiger partial charge in [-0.3, -0.25) is 20.0 Å². The first-order valence-electron chi connectivity index (χ1n) is 8.44. The highest BCUT2D eigenvalue weighted by atomic mass is 16.6. The van der Waals surface area contributed by atoms with Gasteiger partial charge in [0.25, 0.3) is 11.6 Å². The number of hydrogen-bond acceptors (Lipinski definition) is 6. The number of ether oxygens (including phenoxy) is 1. The van der Waals surface area contributed by atoms with E-state index in [0.29, 0.717) is 23.6 Å². The fourth-order valence-electron chi connectivity index (χ4n) is 2.46. The average molecular weight is 379 g/mol. The lowest BCUT2D eigenvalue weighted by Crippen LogP contribution is -2.18. The Balaban J connectivity index is 1.70. The van der Waals surface area contributed by atoms with Crippen LogP contribution in [-0.2, 0) is 0 Å². The van der Waals surface area contributed by atoms with E-state index in [1.807, 2.05) is 31.2 Å². The van der Waals surface area contributed by atoms with Crippen molar-refractivity contribution in [2.24, 2.45) is 5.10 Å². The molecule has 2 N–H and O–H groups in total. The highest BCUT2D eigenvalue weighted by Gasteiger charge is 2.13. The first kappa shape index (κ1) is 18.8. The maximum Gasteiger partial charge on any atom is 0.289 e. The number of non-ortho nitro benzene ring substituents is 1. The Morgan fingerprint density at radius 2 is 2.11 bits per heavy atom. The minimum Gasteiger partial charge on any atom is -0.493 e. The molecule has 3 rings (SSSR count). The third-order valence-electron chi connectivity index (χ3n) is 3.76. The van der Waals surface area contributed by atoms with Crippen molar-refractivity contribution in [3.63, 3.8) is 0 Å². The summed E-state index contributed by atoms with van der Waals surface area (Å²) in [6.45, 7) is 2.40. The Hall–Kier alpha value is -4.01. The van der Waals surface area contributed by atoms with Crippen LogP contribution in [0.4, 0.5) is 5.69 Å². The van der Waals surface area contributed by atoms with Gasteiger partial charge in [0.1, 0.15) is 11.4 Å². The molecule has 142 valence electrons. The molecule has 1 aromatic heterocycles. The fraction of sp³-hybridized carbons (Fsp3) is 0.105. The van der Waals surface area contributed by atoms with Gasteiger partial charge in [-0.2, -0.15) is 10.2 Å². The summed E-state index contributed by atoms with van der Waals surface area (Å²) in [6, 6.07) is 14.8. The van der Waals surface area contributed by atoms with Crippen LogP contribution in [0.3, 0.4) is 0 Å². The van der Waals surface area contributed by atoms with E-state index in [1.165, 1.54) is 24.4 Å². The number of hydrazone groups is 1. The molecule has 2 aromatic carbocycles. The molecule has 0 aliphatic heterocycles. The number of nitro groups is 1. The van der Waals surface area contributed by atoms with Gasteiger partial charge in [0.15, 0.2) is 0 Å². The van der Waals surface area contributed by atoms with E-state index in [2.05, 4.69) is 20.7 Å². The molecule has 0 radical (unpaired) electrons. The summed E-state index contributed by atoms with van der Waals surface area (Å²) < 4.78 is 5.49. The summed E-state index contributed by atoms with van der Waals surface area (Å²) in [7, 11) is 0. The second kappa shape index (κ2) is 8.58. The Bertz CT molecular complexity index is 1030. The molecule has 1 heterocycles. The molecule has 0 unspecified atom stereocenters. The predicted molar refractivity (Wildman–Crippen MR) is 103 cm³/mol. The van der Waals surface area contributed by atoms with Gasteiger partial charge in [0, 0.05) is 23.3 Å². The third kappa shape index (κ3) is 4.39. The second-order valence-corrected chi connectivity index (χ2v) is 5.64. The highest BCUT2D eigenvalue weighted by Crippen LogP contribution is 2.22. The Morgan fingerprint density at radius 1 is 1.29 bits per heavy atom. The van der Waals surface area contributed by atoms with E-state index in [-0.39, 0.29) is 11.4 Å². The lowest BCUT2D eigenvalue weighted by atomic mass is 10.1. The van der Waals surface area contributed by atoms with Crippen LogP contribution < -0.4 is 10.2 Å². The van der Waals surface area contributed by atoms with Crippen molar-refractivity contribution in [1.29, 1.82) is 0 Å². The van der Waals surface area contributed by atoms with Crippen molar-refractivity contribution in [3.05, 3.63) is 76.0 Å². The predicted octanol–water partition coefficient (Wildman–Crippen LogP) is 3.15. The van der Waals surface area contributed by atoms with Crippen LogP contribution >= 0.6 is 0 Å². The topological polar surface area (TPSA) is 123 Å². The number of H-pyrrole nitrogens is 1. The van der Waals surface area contributed by atoms with Crippen molar-refractivity contribution in [3.8, 4) is 17.0 Å². The SMILES string of the molecule is CCOc1ccccc1/C=N\NC(=O)c1cc(-c2cccc([N+](=O)[O-])c2)n[nH]1. The molecule has 0 saturated heterocycles. The minimum absolute atomic E-state index is 0.0518. The van der Waals surface area contributed by atoms with Gasteiger partial charge in [-0.15, -0.1) is 0 Å². The van der Waals surface area contributed by atoms with Crippen molar-refractivity contribution < 1.29 is 14.5 Å². The van der Waals surface area contributed by atoms with Crippen LogP contribution in [0.25, 0.3) is 11.3 Å². The van der Waals surface area contributed by atoms with Gasteiger partial charge < -0.3 is 4.74 Å². The number of aromatic amines is 1. The summed E-state index contributed by atoms with van der Waals surface area (Å²) in [6.07, 6.45) is 1.49. The number of nitrogens with zero attached hydrogens (tertiary/aromatic N) is 3. The Morgan fingerprint density at radius 3 is 2.89 bits per heavy atom. The van der Waals surface area contributed by atoms with Crippen molar-refractivity contribution in [1.82, 2.24) is 15.6 Å². The lowest BCUT2D eigenvalue weighted by Gasteiger charge is -2.05. The maximum absolute atomic E-state index is 12.2. The minimum atomic E-state index is -0.491. The number of para-hydroxylation sites is 1.